The fraction of sp³-hybridized carbons (Fsp3) is 1.00. The molecule has 0 amide bonds. The van der Waals surface area contributed by atoms with E-state index in [9.17, 15) is 5.11 Å². The van der Waals surface area contributed by atoms with E-state index in [-0.39, 0.29) is 18.8 Å². The van der Waals surface area contributed by atoms with Crippen LogP contribution >= 0.6 is 0 Å². The third-order valence-electron chi connectivity index (χ3n) is 2.89. The van der Waals surface area contributed by atoms with Crippen molar-refractivity contribution in [3.8, 4) is 0 Å². The molecule has 7 N–H and O–H groups in total. The van der Waals surface area contributed by atoms with E-state index in [0.29, 0.717) is 18.4 Å². The molecule has 0 aromatic heterocycles. The van der Waals surface area contributed by atoms with Crippen LogP contribution in [0.25, 0.3) is 0 Å². The molecule has 8 heteroatoms. The van der Waals surface area contributed by atoms with Gasteiger partial charge in [0.25, 0.3) is 0 Å². The molecule has 0 aliphatic carbocycles. The molecule has 0 aliphatic heterocycles. The first-order valence-corrected chi connectivity index (χ1v) is 8.66. The Morgan fingerprint density at radius 1 is 0.944 bits per heavy atom. The second kappa shape index (κ2) is 9.36. The van der Waals surface area contributed by atoms with Crippen LogP contribution in [-0.2, 0) is 18.1 Å². The summed E-state index contributed by atoms with van der Waals surface area (Å²) in [5.74, 6) is 0.702. The van der Waals surface area contributed by atoms with Crippen molar-refractivity contribution in [3.63, 3.8) is 0 Å². The molecule has 0 radical (unpaired) electrons. The Labute approximate surface area is 113 Å². The molecule has 0 aliphatic rings. The van der Waals surface area contributed by atoms with Gasteiger partial charge in [-0.1, -0.05) is 27.7 Å². The first-order chi connectivity index (χ1) is 8.01. The summed E-state index contributed by atoms with van der Waals surface area (Å²) in [6.45, 7) is 9.10. The molecule has 0 aromatic rings. The van der Waals surface area contributed by atoms with Gasteiger partial charge in [-0.05, 0) is 11.8 Å². The number of aliphatic hydroxyl groups is 2. The molecule has 112 valence electrons. The fourth-order valence-corrected chi connectivity index (χ4v) is 1.78. The zero-order chi connectivity index (χ0) is 15.0. The van der Waals surface area contributed by atoms with Gasteiger partial charge in [0.1, 0.15) is 0 Å². The predicted molar refractivity (Wildman–Crippen MR) is 63.5 cm³/mol. The van der Waals surface area contributed by atoms with E-state index in [0.717, 1.165) is 0 Å². The summed E-state index contributed by atoms with van der Waals surface area (Å²) in [5, 5.41) is 21.4. The molecule has 0 aromatic carbocycles. The van der Waals surface area contributed by atoms with E-state index in [1.165, 1.54) is 0 Å². The molecular formula is C10H27NO6Ti. The minimum atomic E-state index is -5.00. The van der Waals surface area contributed by atoms with Crippen molar-refractivity contribution >= 4 is 0 Å². The fourth-order valence-electron chi connectivity index (χ4n) is 1.78. The molecule has 0 saturated heterocycles. The average molecular weight is 305 g/mol. The summed E-state index contributed by atoms with van der Waals surface area (Å²) < 4.78 is 29.5. The van der Waals surface area contributed by atoms with Crippen molar-refractivity contribution < 1.29 is 43.1 Å². The van der Waals surface area contributed by atoms with Gasteiger partial charge >= 0.3 is 32.9 Å². The van der Waals surface area contributed by atoms with Crippen molar-refractivity contribution in [2.75, 3.05) is 19.8 Å². The van der Waals surface area contributed by atoms with Crippen molar-refractivity contribution in [3.05, 3.63) is 0 Å². The zero-order valence-corrected chi connectivity index (χ0v) is 13.0. The van der Waals surface area contributed by atoms with Crippen molar-refractivity contribution in [1.29, 1.82) is 0 Å². The number of nitrogens with one attached hydrogen (secondary N) is 1. The van der Waals surface area contributed by atoms with Crippen molar-refractivity contribution in [2.45, 2.75) is 33.2 Å². The molecule has 0 bridgehead atoms. The summed E-state index contributed by atoms with van der Waals surface area (Å²) in [6.07, 6.45) is 0. The molecule has 0 rings (SSSR count). The van der Waals surface area contributed by atoms with Gasteiger partial charge in [0.15, 0.2) is 0 Å². The molecular weight excluding hydrogens is 278 g/mol. The van der Waals surface area contributed by atoms with E-state index < -0.39 is 18.1 Å². The average Bonchev–Trinajstić information content (AvgIpc) is 2.16. The third kappa shape index (κ3) is 9.38. The van der Waals surface area contributed by atoms with Crippen LogP contribution in [0.4, 0.5) is 0 Å². The Hall–Kier alpha value is 0.434. The molecule has 0 spiro atoms. The molecule has 0 fully saturated rings. The molecule has 0 saturated carbocycles. The first kappa shape index (κ1) is 20.7. The van der Waals surface area contributed by atoms with Gasteiger partial charge in [-0.25, -0.2) is 0 Å². The monoisotopic (exact) mass is 305 g/mol. The zero-order valence-electron chi connectivity index (χ0n) is 11.5. The molecule has 7 nitrogen and oxygen atoms in total. The number of hydrogen-bond acceptors (Lipinski definition) is 7. The number of rotatable bonds is 6. The Kier molecular flexibility index (Phi) is 10.8. The van der Waals surface area contributed by atoms with Crippen LogP contribution in [0.5, 0.6) is 0 Å². The van der Waals surface area contributed by atoms with Gasteiger partial charge < -0.3 is 15.5 Å². The second-order valence-electron chi connectivity index (χ2n) is 4.76. The van der Waals surface area contributed by atoms with Crippen LogP contribution in [0.1, 0.15) is 27.7 Å². The summed E-state index contributed by atoms with van der Waals surface area (Å²) >= 11 is -5.00. The predicted octanol–water partition coefficient (Wildman–Crippen LogP) is -1.62. The number of β-amino-alcohol motifs (C(OH)–C–C–N with tert-alkyl or cyclic N) is 1. The van der Waals surface area contributed by atoms with E-state index >= 15 is 0 Å². The van der Waals surface area contributed by atoms with Gasteiger partial charge in [0.2, 0.25) is 0 Å². The molecule has 18 heavy (non-hydrogen) atoms. The summed E-state index contributed by atoms with van der Waals surface area (Å²) in [5.41, 5.74) is -0.261. The third-order valence-corrected chi connectivity index (χ3v) is 2.89. The van der Waals surface area contributed by atoms with E-state index in [1.54, 1.807) is 0 Å². The standard InChI is InChI=1S/C10H23NO2.4H2O.Ti/c1-8(2)10(7-13,9(3)4)11-5-6-12;;;;;/h8-9,11-13H,5-7H2,1-4H3;4*1H2;/q;;;;;+4/p-4. The van der Waals surface area contributed by atoms with Gasteiger partial charge in [0.05, 0.1) is 13.2 Å². The number of aliphatic hydroxyl groups excluding tert-OH is 2. The Morgan fingerprint density at radius 2 is 1.28 bits per heavy atom. The van der Waals surface area contributed by atoms with Crippen LogP contribution < -0.4 is 5.32 Å². The SMILES string of the molecule is CC(C)C(CO)(NCCO)C(C)C.[OH][Ti]([OH])([OH])[OH]. The summed E-state index contributed by atoms with van der Waals surface area (Å²) in [4.78, 5) is 0. The van der Waals surface area contributed by atoms with Crippen LogP contribution in [-0.4, -0.2) is 50.3 Å². The van der Waals surface area contributed by atoms with E-state index in [4.69, 9.17) is 19.9 Å². The maximum atomic E-state index is 9.40. The van der Waals surface area contributed by atoms with Crippen LogP contribution in [0.2, 0.25) is 0 Å². The minimum absolute atomic E-state index is 0.112. The maximum absolute atomic E-state index is 9.40. The Morgan fingerprint density at radius 3 is 1.44 bits per heavy atom. The molecule has 0 atom stereocenters. The van der Waals surface area contributed by atoms with Crippen LogP contribution in [0, 0.1) is 11.8 Å². The Balaban J connectivity index is 0. The normalized spacial score (nSPS) is 12.7. The van der Waals surface area contributed by atoms with Crippen molar-refractivity contribution in [2.24, 2.45) is 11.8 Å². The van der Waals surface area contributed by atoms with Gasteiger partial charge in [0, 0.05) is 12.1 Å². The Bertz CT molecular complexity index is 193. The summed E-state index contributed by atoms with van der Waals surface area (Å²) in [7, 11) is 0. The summed E-state index contributed by atoms with van der Waals surface area (Å²) in [6, 6.07) is 0. The van der Waals surface area contributed by atoms with Gasteiger partial charge in [-0.2, -0.15) is 0 Å². The van der Waals surface area contributed by atoms with Crippen LogP contribution in [0.15, 0.2) is 0 Å². The topological polar surface area (TPSA) is 133 Å². The van der Waals surface area contributed by atoms with Crippen LogP contribution in [0.3, 0.4) is 0 Å². The van der Waals surface area contributed by atoms with E-state index in [2.05, 4.69) is 33.0 Å². The van der Waals surface area contributed by atoms with Gasteiger partial charge in [-0.3, -0.25) is 0 Å². The van der Waals surface area contributed by atoms with Crippen molar-refractivity contribution in [1.82, 2.24) is 5.32 Å². The second-order valence-corrected chi connectivity index (χ2v) is 6.63. The quantitative estimate of drug-likeness (QED) is 0.293. The first-order valence-electron chi connectivity index (χ1n) is 5.87. The molecule has 0 unspecified atom stereocenters. The number of hydrogen-bond donors (Lipinski definition) is 7. The van der Waals surface area contributed by atoms with Gasteiger partial charge in [-0.15, -0.1) is 0 Å². The van der Waals surface area contributed by atoms with E-state index in [1.807, 2.05) is 0 Å². The molecule has 0 heterocycles.